The van der Waals surface area contributed by atoms with Crippen molar-refractivity contribution in [3.05, 3.63) is 88.6 Å². The SMILES string of the molecule is Oc1ccccc1CN(Cc1ccco1)Cc1nc(-c2cccc(Br)c2)no1. The highest BCUT2D eigenvalue weighted by Gasteiger charge is 2.16. The topological polar surface area (TPSA) is 75.5 Å². The molecule has 0 spiro atoms. The highest BCUT2D eigenvalue weighted by atomic mass is 79.9. The smallest absolute Gasteiger partial charge is 0.241 e. The van der Waals surface area contributed by atoms with E-state index in [0.29, 0.717) is 31.3 Å². The van der Waals surface area contributed by atoms with E-state index in [9.17, 15) is 5.11 Å². The highest BCUT2D eigenvalue weighted by molar-refractivity contribution is 9.10. The van der Waals surface area contributed by atoms with Crippen LogP contribution in [0, 0.1) is 0 Å². The van der Waals surface area contributed by atoms with Crippen LogP contribution in [0.5, 0.6) is 5.75 Å². The number of aromatic nitrogens is 2. The van der Waals surface area contributed by atoms with Gasteiger partial charge in [-0.2, -0.15) is 4.98 Å². The fourth-order valence-corrected chi connectivity index (χ4v) is 3.33. The molecule has 1 N–H and O–H groups in total. The normalized spacial score (nSPS) is 11.2. The molecule has 2 aromatic carbocycles. The van der Waals surface area contributed by atoms with Gasteiger partial charge in [0.1, 0.15) is 11.5 Å². The quantitative estimate of drug-likeness (QED) is 0.436. The molecule has 7 heteroatoms. The number of furan rings is 1. The summed E-state index contributed by atoms with van der Waals surface area (Å²) >= 11 is 3.46. The summed E-state index contributed by atoms with van der Waals surface area (Å²) < 4.78 is 11.9. The summed E-state index contributed by atoms with van der Waals surface area (Å²) in [6.45, 7) is 1.49. The van der Waals surface area contributed by atoms with Crippen molar-refractivity contribution in [1.82, 2.24) is 15.0 Å². The third kappa shape index (κ3) is 4.49. The zero-order valence-electron chi connectivity index (χ0n) is 15.0. The molecule has 0 bridgehead atoms. The molecular weight excluding hydrogens is 422 g/mol. The molecule has 0 aliphatic carbocycles. The standard InChI is InChI=1S/C21H18BrN3O3/c22-17-7-3-6-15(11-17)21-23-20(28-24-21)14-25(13-18-8-4-10-27-18)12-16-5-1-2-9-19(16)26/h1-11,26H,12-14H2. The molecule has 28 heavy (non-hydrogen) atoms. The van der Waals surface area contributed by atoms with Crippen molar-refractivity contribution in [3.8, 4) is 17.1 Å². The van der Waals surface area contributed by atoms with Gasteiger partial charge in [0.2, 0.25) is 11.7 Å². The molecule has 2 aromatic heterocycles. The second kappa shape index (κ2) is 8.41. The van der Waals surface area contributed by atoms with E-state index in [2.05, 4.69) is 31.0 Å². The van der Waals surface area contributed by atoms with Crippen LogP contribution in [0.2, 0.25) is 0 Å². The van der Waals surface area contributed by atoms with Crippen LogP contribution in [0.4, 0.5) is 0 Å². The average Bonchev–Trinajstić information content (AvgIpc) is 3.36. The number of para-hydroxylation sites is 1. The minimum Gasteiger partial charge on any atom is -0.508 e. The lowest BCUT2D eigenvalue weighted by molar-refractivity contribution is 0.195. The summed E-state index contributed by atoms with van der Waals surface area (Å²) in [6, 6.07) is 18.8. The largest absolute Gasteiger partial charge is 0.508 e. The first-order valence-electron chi connectivity index (χ1n) is 8.77. The molecule has 142 valence electrons. The Morgan fingerprint density at radius 1 is 0.964 bits per heavy atom. The summed E-state index contributed by atoms with van der Waals surface area (Å²) in [5, 5.41) is 14.2. The first kappa shape index (κ1) is 18.5. The molecule has 4 rings (SSSR count). The van der Waals surface area contributed by atoms with Gasteiger partial charge in [0, 0.05) is 22.1 Å². The number of hydrogen-bond donors (Lipinski definition) is 1. The fraction of sp³-hybridized carbons (Fsp3) is 0.143. The first-order valence-corrected chi connectivity index (χ1v) is 9.57. The van der Waals surface area contributed by atoms with E-state index < -0.39 is 0 Å². The van der Waals surface area contributed by atoms with Crippen LogP contribution >= 0.6 is 15.9 Å². The molecule has 0 radical (unpaired) electrons. The maximum atomic E-state index is 10.1. The number of aromatic hydroxyl groups is 1. The molecule has 6 nitrogen and oxygen atoms in total. The zero-order valence-corrected chi connectivity index (χ0v) is 16.5. The molecule has 0 atom stereocenters. The van der Waals surface area contributed by atoms with Gasteiger partial charge in [-0.15, -0.1) is 0 Å². The number of hydrogen-bond acceptors (Lipinski definition) is 6. The predicted octanol–water partition coefficient (Wildman–Crippen LogP) is 5.00. The maximum absolute atomic E-state index is 10.1. The molecule has 0 aliphatic rings. The number of benzene rings is 2. The fourth-order valence-electron chi connectivity index (χ4n) is 2.93. The predicted molar refractivity (Wildman–Crippen MR) is 107 cm³/mol. The monoisotopic (exact) mass is 439 g/mol. The Morgan fingerprint density at radius 2 is 1.86 bits per heavy atom. The molecule has 0 fully saturated rings. The Kier molecular flexibility index (Phi) is 5.55. The molecule has 0 amide bonds. The number of nitrogens with zero attached hydrogens (tertiary/aromatic N) is 3. The van der Waals surface area contributed by atoms with E-state index in [0.717, 1.165) is 21.4 Å². The molecule has 0 unspecified atom stereocenters. The van der Waals surface area contributed by atoms with Crippen LogP contribution in [-0.4, -0.2) is 20.1 Å². The van der Waals surface area contributed by atoms with Crippen molar-refractivity contribution >= 4 is 15.9 Å². The van der Waals surface area contributed by atoms with Gasteiger partial charge >= 0.3 is 0 Å². The van der Waals surface area contributed by atoms with Crippen LogP contribution in [0.3, 0.4) is 0 Å². The third-order valence-electron chi connectivity index (χ3n) is 4.25. The van der Waals surface area contributed by atoms with Crippen LogP contribution in [0.15, 0.2) is 80.3 Å². The van der Waals surface area contributed by atoms with Gasteiger partial charge in [-0.25, -0.2) is 0 Å². The first-order chi connectivity index (χ1) is 13.7. The lowest BCUT2D eigenvalue weighted by Crippen LogP contribution is -2.22. The van der Waals surface area contributed by atoms with Gasteiger partial charge in [-0.3, -0.25) is 4.90 Å². The summed E-state index contributed by atoms with van der Waals surface area (Å²) in [7, 11) is 0. The highest BCUT2D eigenvalue weighted by Crippen LogP contribution is 2.23. The maximum Gasteiger partial charge on any atom is 0.241 e. The molecule has 0 aliphatic heterocycles. The number of phenols is 1. The lowest BCUT2D eigenvalue weighted by atomic mass is 10.2. The van der Waals surface area contributed by atoms with Crippen molar-refractivity contribution in [2.45, 2.75) is 19.6 Å². The van der Waals surface area contributed by atoms with Crippen LogP contribution in [-0.2, 0) is 19.6 Å². The van der Waals surface area contributed by atoms with Gasteiger partial charge < -0.3 is 14.0 Å². The van der Waals surface area contributed by atoms with E-state index in [1.807, 2.05) is 48.5 Å². The van der Waals surface area contributed by atoms with Crippen LogP contribution in [0.25, 0.3) is 11.4 Å². The Bertz CT molecular complexity index is 1050. The van der Waals surface area contributed by atoms with Gasteiger partial charge in [0.25, 0.3) is 0 Å². The van der Waals surface area contributed by atoms with Crippen molar-refractivity contribution in [3.63, 3.8) is 0 Å². The van der Waals surface area contributed by atoms with Crippen molar-refractivity contribution in [2.24, 2.45) is 0 Å². The van der Waals surface area contributed by atoms with E-state index in [-0.39, 0.29) is 5.75 Å². The van der Waals surface area contributed by atoms with E-state index in [1.54, 1.807) is 18.4 Å². The summed E-state index contributed by atoms with van der Waals surface area (Å²) in [6.07, 6.45) is 1.64. The van der Waals surface area contributed by atoms with Crippen LogP contribution in [0.1, 0.15) is 17.2 Å². The van der Waals surface area contributed by atoms with E-state index in [4.69, 9.17) is 8.94 Å². The van der Waals surface area contributed by atoms with Gasteiger partial charge in [0.05, 0.1) is 19.4 Å². The summed E-state index contributed by atoms with van der Waals surface area (Å²) in [4.78, 5) is 6.60. The van der Waals surface area contributed by atoms with Crippen molar-refractivity contribution < 1.29 is 14.0 Å². The Labute approximate surface area is 170 Å². The van der Waals surface area contributed by atoms with E-state index in [1.165, 1.54) is 0 Å². The minimum absolute atomic E-state index is 0.257. The average molecular weight is 440 g/mol. The van der Waals surface area contributed by atoms with Crippen molar-refractivity contribution in [2.75, 3.05) is 0 Å². The van der Waals surface area contributed by atoms with Gasteiger partial charge in [0.15, 0.2) is 0 Å². The minimum atomic E-state index is 0.257. The Hall–Kier alpha value is -2.90. The summed E-state index contributed by atoms with van der Waals surface area (Å²) in [5.74, 6) is 2.11. The Morgan fingerprint density at radius 3 is 2.64 bits per heavy atom. The van der Waals surface area contributed by atoms with E-state index >= 15 is 0 Å². The number of phenolic OH excluding ortho intramolecular Hbond substituents is 1. The molecule has 2 heterocycles. The lowest BCUT2D eigenvalue weighted by Gasteiger charge is -2.19. The number of halogens is 1. The molecule has 0 saturated carbocycles. The second-order valence-electron chi connectivity index (χ2n) is 6.38. The molecule has 0 saturated heterocycles. The zero-order chi connectivity index (χ0) is 19.3. The molecular formula is C21H18BrN3O3. The third-order valence-corrected chi connectivity index (χ3v) is 4.75. The van der Waals surface area contributed by atoms with Gasteiger partial charge in [-0.1, -0.05) is 51.4 Å². The van der Waals surface area contributed by atoms with Crippen molar-refractivity contribution in [1.29, 1.82) is 0 Å². The second-order valence-corrected chi connectivity index (χ2v) is 7.29. The van der Waals surface area contributed by atoms with Gasteiger partial charge in [-0.05, 0) is 30.3 Å². The summed E-state index contributed by atoms with van der Waals surface area (Å²) in [5.41, 5.74) is 1.70. The number of rotatable bonds is 7. The van der Waals surface area contributed by atoms with Crippen LogP contribution < -0.4 is 0 Å². The Balaban J connectivity index is 1.54. The molecule has 4 aromatic rings.